The number of ether oxygens (including phenoxy) is 1. The molecule has 1 saturated heterocycles. The molecule has 120 valence electrons. The van der Waals surface area contributed by atoms with Crippen molar-refractivity contribution < 1.29 is 4.74 Å². The number of nitrogens with two attached hydrogens (primary N) is 1. The lowest BCUT2D eigenvalue weighted by atomic mass is 10.1. The Hall–Kier alpha value is -2.53. The first-order chi connectivity index (χ1) is 11.3. The van der Waals surface area contributed by atoms with Gasteiger partial charge in [-0.05, 0) is 23.8 Å². The van der Waals surface area contributed by atoms with E-state index in [9.17, 15) is 0 Å². The number of guanidine groups is 1. The first-order valence-corrected chi connectivity index (χ1v) is 7.85. The van der Waals surface area contributed by atoms with Gasteiger partial charge in [0.1, 0.15) is 0 Å². The molecule has 0 atom stereocenters. The van der Waals surface area contributed by atoms with E-state index in [4.69, 9.17) is 10.5 Å². The van der Waals surface area contributed by atoms with Crippen molar-refractivity contribution in [2.24, 2.45) is 10.7 Å². The highest BCUT2D eigenvalue weighted by molar-refractivity contribution is 5.92. The van der Waals surface area contributed by atoms with Crippen LogP contribution in [0.25, 0.3) is 0 Å². The number of benzene rings is 2. The van der Waals surface area contributed by atoms with Crippen LogP contribution in [0.1, 0.15) is 5.56 Å². The molecule has 0 unspecified atom stereocenters. The maximum Gasteiger partial charge on any atom is 0.193 e. The molecule has 23 heavy (non-hydrogen) atoms. The van der Waals surface area contributed by atoms with Gasteiger partial charge in [0.2, 0.25) is 0 Å². The molecule has 0 spiro atoms. The van der Waals surface area contributed by atoms with Gasteiger partial charge in [0, 0.05) is 24.5 Å². The molecule has 1 aliphatic heterocycles. The van der Waals surface area contributed by atoms with Gasteiger partial charge in [-0.25, -0.2) is 4.99 Å². The summed E-state index contributed by atoms with van der Waals surface area (Å²) in [7, 11) is 0. The fourth-order valence-electron chi connectivity index (χ4n) is 2.64. The topological polar surface area (TPSA) is 62.9 Å². The van der Waals surface area contributed by atoms with E-state index in [0.717, 1.165) is 32.0 Å². The van der Waals surface area contributed by atoms with Crippen LogP contribution < -0.4 is 16.0 Å². The third kappa shape index (κ3) is 4.23. The van der Waals surface area contributed by atoms with Crippen molar-refractivity contribution in [3.8, 4) is 0 Å². The minimum atomic E-state index is 0.424. The van der Waals surface area contributed by atoms with Gasteiger partial charge < -0.3 is 20.7 Å². The monoisotopic (exact) mass is 310 g/mol. The van der Waals surface area contributed by atoms with Crippen LogP contribution in [0, 0.1) is 0 Å². The molecule has 0 saturated carbocycles. The number of aliphatic imine (C=N–C) groups is 1. The maximum atomic E-state index is 5.99. The molecule has 5 heteroatoms. The lowest BCUT2D eigenvalue weighted by molar-refractivity contribution is 0.122. The summed E-state index contributed by atoms with van der Waals surface area (Å²) >= 11 is 0. The molecular formula is C18H22N4O. The summed E-state index contributed by atoms with van der Waals surface area (Å²) in [6.45, 7) is 3.93. The van der Waals surface area contributed by atoms with Gasteiger partial charge in [0.25, 0.3) is 0 Å². The van der Waals surface area contributed by atoms with Crippen LogP contribution >= 0.6 is 0 Å². The van der Waals surface area contributed by atoms with Crippen LogP contribution in [0.5, 0.6) is 0 Å². The van der Waals surface area contributed by atoms with Gasteiger partial charge in [-0.3, -0.25) is 0 Å². The van der Waals surface area contributed by atoms with Crippen molar-refractivity contribution in [3.05, 3.63) is 60.2 Å². The number of hydrogen-bond donors (Lipinski definition) is 2. The number of rotatable bonds is 4. The molecular weight excluding hydrogens is 288 g/mol. The molecule has 1 heterocycles. The molecule has 3 N–H and O–H groups in total. The summed E-state index contributed by atoms with van der Waals surface area (Å²) in [5.41, 5.74) is 9.32. The highest BCUT2D eigenvalue weighted by Crippen LogP contribution is 2.22. The van der Waals surface area contributed by atoms with Crippen molar-refractivity contribution in [2.45, 2.75) is 6.54 Å². The van der Waals surface area contributed by atoms with Crippen molar-refractivity contribution in [3.63, 3.8) is 0 Å². The van der Waals surface area contributed by atoms with Gasteiger partial charge in [0.15, 0.2) is 5.96 Å². The number of nitrogens with zero attached hydrogens (tertiary/aromatic N) is 2. The van der Waals surface area contributed by atoms with Crippen LogP contribution in [0.4, 0.5) is 11.4 Å². The standard InChI is InChI=1S/C18H22N4O/c19-18(21-16-7-2-1-3-8-16)20-14-15-6-4-5-9-17(15)22-10-12-23-13-11-22/h1-9H,10-14H2,(H3,19,20,21). The second-order valence-corrected chi connectivity index (χ2v) is 5.42. The Bertz CT molecular complexity index is 651. The molecule has 0 aliphatic carbocycles. The van der Waals surface area contributed by atoms with Gasteiger partial charge in [0.05, 0.1) is 19.8 Å². The Morgan fingerprint density at radius 2 is 1.74 bits per heavy atom. The molecule has 1 fully saturated rings. The van der Waals surface area contributed by atoms with Gasteiger partial charge >= 0.3 is 0 Å². The summed E-state index contributed by atoms with van der Waals surface area (Å²) in [5, 5.41) is 3.11. The summed E-state index contributed by atoms with van der Waals surface area (Å²) in [5.74, 6) is 0.424. The van der Waals surface area contributed by atoms with E-state index in [2.05, 4.69) is 33.4 Å². The molecule has 0 aromatic heterocycles. The second-order valence-electron chi connectivity index (χ2n) is 5.42. The van der Waals surface area contributed by atoms with Gasteiger partial charge in [-0.1, -0.05) is 36.4 Å². The highest BCUT2D eigenvalue weighted by atomic mass is 16.5. The first-order valence-electron chi connectivity index (χ1n) is 7.85. The number of para-hydroxylation sites is 2. The smallest absolute Gasteiger partial charge is 0.193 e. The summed E-state index contributed by atoms with van der Waals surface area (Å²) in [6, 6.07) is 18.2. The number of morpholine rings is 1. The highest BCUT2D eigenvalue weighted by Gasteiger charge is 2.13. The Morgan fingerprint density at radius 1 is 1.04 bits per heavy atom. The quantitative estimate of drug-likeness (QED) is 0.672. The summed E-state index contributed by atoms with van der Waals surface area (Å²) in [4.78, 5) is 6.81. The van der Waals surface area contributed by atoms with Crippen LogP contribution in [0.2, 0.25) is 0 Å². The van der Waals surface area contributed by atoms with Crippen molar-refractivity contribution in [1.29, 1.82) is 0 Å². The minimum Gasteiger partial charge on any atom is -0.378 e. The first kappa shape index (κ1) is 15.4. The lowest BCUT2D eigenvalue weighted by Gasteiger charge is -2.30. The van der Waals surface area contributed by atoms with Crippen LogP contribution in [0.3, 0.4) is 0 Å². The Labute approximate surface area is 136 Å². The van der Waals surface area contributed by atoms with E-state index < -0.39 is 0 Å². The SMILES string of the molecule is NC(=NCc1ccccc1N1CCOCC1)Nc1ccccc1. The van der Waals surface area contributed by atoms with Crippen molar-refractivity contribution >= 4 is 17.3 Å². The second kappa shape index (κ2) is 7.65. The normalized spacial score (nSPS) is 15.5. The molecule has 0 bridgehead atoms. The van der Waals surface area contributed by atoms with Gasteiger partial charge in [-0.15, -0.1) is 0 Å². The molecule has 1 aliphatic rings. The Balaban J connectivity index is 1.68. The molecule has 2 aromatic carbocycles. The fraction of sp³-hybridized carbons (Fsp3) is 0.278. The zero-order chi connectivity index (χ0) is 15.9. The van der Waals surface area contributed by atoms with Crippen molar-refractivity contribution in [2.75, 3.05) is 36.5 Å². The van der Waals surface area contributed by atoms with E-state index in [1.807, 2.05) is 36.4 Å². The fourth-order valence-corrected chi connectivity index (χ4v) is 2.64. The van der Waals surface area contributed by atoms with E-state index >= 15 is 0 Å². The zero-order valence-electron chi connectivity index (χ0n) is 13.1. The Kier molecular flexibility index (Phi) is 5.11. The summed E-state index contributed by atoms with van der Waals surface area (Å²) < 4.78 is 5.43. The van der Waals surface area contributed by atoms with Crippen LogP contribution in [-0.2, 0) is 11.3 Å². The van der Waals surface area contributed by atoms with Gasteiger partial charge in [-0.2, -0.15) is 0 Å². The zero-order valence-corrected chi connectivity index (χ0v) is 13.1. The van der Waals surface area contributed by atoms with E-state index in [-0.39, 0.29) is 0 Å². The number of nitrogens with one attached hydrogen (secondary N) is 1. The summed E-state index contributed by atoms with van der Waals surface area (Å²) in [6.07, 6.45) is 0. The van der Waals surface area contributed by atoms with Crippen LogP contribution in [0.15, 0.2) is 59.6 Å². The number of anilines is 2. The van der Waals surface area contributed by atoms with E-state index in [1.54, 1.807) is 0 Å². The number of hydrogen-bond acceptors (Lipinski definition) is 3. The Morgan fingerprint density at radius 3 is 2.52 bits per heavy atom. The molecule has 3 rings (SSSR count). The lowest BCUT2D eigenvalue weighted by Crippen LogP contribution is -2.36. The predicted octanol–water partition coefficient (Wildman–Crippen LogP) is 2.45. The molecule has 5 nitrogen and oxygen atoms in total. The molecule has 0 radical (unpaired) electrons. The van der Waals surface area contributed by atoms with Crippen molar-refractivity contribution in [1.82, 2.24) is 0 Å². The van der Waals surface area contributed by atoms with Crippen LogP contribution in [-0.4, -0.2) is 32.3 Å². The molecule has 0 amide bonds. The average Bonchev–Trinajstić information content (AvgIpc) is 2.62. The third-order valence-electron chi connectivity index (χ3n) is 3.81. The minimum absolute atomic E-state index is 0.424. The average molecular weight is 310 g/mol. The predicted molar refractivity (Wildman–Crippen MR) is 94.9 cm³/mol. The molecule has 2 aromatic rings. The maximum absolute atomic E-state index is 5.99. The van der Waals surface area contributed by atoms with E-state index in [1.165, 1.54) is 11.3 Å². The third-order valence-corrected chi connectivity index (χ3v) is 3.81. The van der Waals surface area contributed by atoms with E-state index in [0.29, 0.717) is 12.5 Å². The largest absolute Gasteiger partial charge is 0.378 e.